The van der Waals surface area contributed by atoms with E-state index in [1.807, 2.05) is 0 Å². The summed E-state index contributed by atoms with van der Waals surface area (Å²) < 4.78 is 26.8. The molecule has 3 rings (SSSR count). The zero-order valence-electron chi connectivity index (χ0n) is 14.7. The first kappa shape index (κ1) is 19.0. The molecule has 2 aromatic heterocycles. The summed E-state index contributed by atoms with van der Waals surface area (Å²) in [6, 6.07) is 9.70. The van der Waals surface area contributed by atoms with Crippen LogP contribution in [0.5, 0.6) is 0 Å². The molecule has 0 saturated carbocycles. The zero-order valence-corrected chi connectivity index (χ0v) is 16.3. The molecule has 7 nitrogen and oxygen atoms in total. The van der Waals surface area contributed by atoms with Crippen molar-refractivity contribution in [3.8, 4) is 0 Å². The average Bonchev–Trinajstić information content (AvgIpc) is 3.07. The predicted octanol–water partition coefficient (Wildman–Crippen LogP) is 2.39. The lowest BCUT2D eigenvalue weighted by Gasteiger charge is -2.11. The highest BCUT2D eigenvalue weighted by Gasteiger charge is 2.23. The first-order valence-electron chi connectivity index (χ1n) is 8.00. The van der Waals surface area contributed by atoms with Crippen LogP contribution >= 0.6 is 11.3 Å². The van der Waals surface area contributed by atoms with Gasteiger partial charge in [-0.15, -0.1) is 11.3 Å². The second kappa shape index (κ2) is 7.45. The van der Waals surface area contributed by atoms with Crippen LogP contribution in [0.1, 0.15) is 11.4 Å². The molecule has 0 aliphatic heterocycles. The summed E-state index contributed by atoms with van der Waals surface area (Å²) in [5.74, 6) is -0.506. The largest absolute Gasteiger partial charge is 0.348 e. The second-order valence-electron chi connectivity index (χ2n) is 5.92. The van der Waals surface area contributed by atoms with Crippen molar-refractivity contribution >= 4 is 32.8 Å². The van der Waals surface area contributed by atoms with Gasteiger partial charge >= 0.3 is 5.69 Å². The number of benzene rings is 1. The zero-order chi connectivity index (χ0) is 19.6. The van der Waals surface area contributed by atoms with Crippen LogP contribution in [0.4, 0.5) is 5.69 Å². The number of nitrogens with one attached hydrogen (secondary N) is 1. The van der Waals surface area contributed by atoms with Crippen LogP contribution in [0.2, 0.25) is 0 Å². The third kappa shape index (κ3) is 3.99. The van der Waals surface area contributed by atoms with Crippen LogP contribution in [0.25, 0.3) is 0 Å². The smallest absolute Gasteiger partial charge is 0.323 e. The minimum Gasteiger partial charge on any atom is -0.323 e. The van der Waals surface area contributed by atoms with Crippen molar-refractivity contribution in [1.82, 2.24) is 9.55 Å². The van der Waals surface area contributed by atoms with Crippen molar-refractivity contribution in [3.63, 3.8) is 0 Å². The van der Waals surface area contributed by atoms with Crippen LogP contribution in [-0.4, -0.2) is 23.9 Å². The standard InChI is InChI=1S/C18H17N3O4S2/c1-12-8-13(2)21(18(23)19-12)9-17(22)20-15-10-26-11-16(15)27(24,25)14-6-4-3-5-7-14/h3-8,10-11H,9H2,1-2H3,(H,20,22). The fourth-order valence-electron chi connectivity index (χ4n) is 2.61. The Kier molecular flexibility index (Phi) is 5.24. The molecule has 0 atom stereocenters. The lowest BCUT2D eigenvalue weighted by molar-refractivity contribution is -0.116. The number of amides is 1. The highest BCUT2D eigenvalue weighted by molar-refractivity contribution is 7.91. The summed E-state index contributed by atoms with van der Waals surface area (Å²) in [4.78, 5) is 28.4. The van der Waals surface area contributed by atoms with E-state index in [1.165, 1.54) is 33.4 Å². The molecule has 0 bridgehead atoms. The van der Waals surface area contributed by atoms with Gasteiger partial charge in [0.25, 0.3) is 0 Å². The van der Waals surface area contributed by atoms with Crippen molar-refractivity contribution in [2.75, 3.05) is 5.32 Å². The van der Waals surface area contributed by atoms with Crippen molar-refractivity contribution in [2.24, 2.45) is 0 Å². The summed E-state index contributed by atoms with van der Waals surface area (Å²) in [5, 5.41) is 5.62. The number of hydrogen-bond acceptors (Lipinski definition) is 6. The van der Waals surface area contributed by atoms with Crippen LogP contribution in [-0.2, 0) is 21.2 Å². The molecule has 0 aliphatic carbocycles. The molecule has 2 heterocycles. The maximum Gasteiger partial charge on any atom is 0.348 e. The summed E-state index contributed by atoms with van der Waals surface area (Å²) in [6.45, 7) is 3.16. The molecule has 27 heavy (non-hydrogen) atoms. The Bertz CT molecular complexity index is 1150. The number of rotatable bonds is 5. The number of aryl methyl sites for hydroxylation is 2. The van der Waals surface area contributed by atoms with Crippen molar-refractivity contribution in [3.05, 3.63) is 69.0 Å². The molecule has 1 N–H and O–H groups in total. The van der Waals surface area contributed by atoms with E-state index in [0.717, 1.165) is 0 Å². The number of thiophene rings is 1. The highest BCUT2D eigenvalue weighted by atomic mass is 32.2. The molecule has 0 aliphatic rings. The van der Waals surface area contributed by atoms with Gasteiger partial charge in [0.05, 0.1) is 10.6 Å². The second-order valence-corrected chi connectivity index (χ2v) is 8.58. The summed E-state index contributed by atoms with van der Waals surface area (Å²) in [6.07, 6.45) is 0. The molecule has 0 radical (unpaired) electrons. The van der Waals surface area contributed by atoms with E-state index in [2.05, 4.69) is 10.3 Å². The van der Waals surface area contributed by atoms with Gasteiger partial charge in [-0.2, -0.15) is 4.98 Å². The van der Waals surface area contributed by atoms with Crippen LogP contribution in [0, 0.1) is 13.8 Å². The van der Waals surface area contributed by atoms with Crippen LogP contribution < -0.4 is 11.0 Å². The Morgan fingerprint density at radius 2 is 1.89 bits per heavy atom. The van der Waals surface area contributed by atoms with Gasteiger partial charge in [-0.1, -0.05) is 18.2 Å². The maximum atomic E-state index is 12.8. The molecule has 0 spiro atoms. The quantitative estimate of drug-likeness (QED) is 0.705. The van der Waals surface area contributed by atoms with Gasteiger partial charge in [0.15, 0.2) is 0 Å². The molecule has 0 unspecified atom stereocenters. The Hall–Kier alpha value is -2.78. The molecule has 3 aromatic rings. The van der Waals surface area contributed by atoms with E-state index in [9.17, 15) is 18.0 Å². The monoisotopic (exact) mass is 403 g/mol. The minimum atomic E-state index is -3.75. The summed E-state index contributed by atoms with van der Waals surface area (Å²) in [7, 11) is -3.75. The number of carbonyl (C=O) groups is 1. The van der Waals surface area contributed by atoms with E-state index >= 15 is 0 Å². The van der Waals surface area contributed by atoms with Gasteiger partial charge in [0.2, 0.25) is 15.7 Å². The molecule has 9 heteroatoms. The van der Waals surface area contributed by atoms with Gasteiger partial charge in [0.1, 0.15) is 11.4 Å². The fourth-order valence-corrected chi connectivity index (χ4v) is 5.17. The first-order valence-corrected chi connectivity index (χ1v) is 10.4. The van der Waals surface area contributed by atoms with Gasteiger partial charge in [0, 0.05) is 22.1 Å². The van der Waals surface area contributed by atoms with E-state index < -0.39 is 21.4 Å². The third-order valence-corrected chi connectivity index (χ3v) is 6.59. The number of carbonyl (C=O) groups excluding carboxylic acids is 1. The molecule has 140 valence electrons. The van der Waals surface area contributed by atoms with E-state index in [0.29, 0.717) is 11.4 Å². The van der Waals surface area contributed by atoms with Crippen LogP contribution in [0.3, 0.4) is 0 Å². The van der Waals surface area contributed by atoms with E-state index in [-0.39, 0.29) is 22.0 Å². The van der Waals surface area contributed by atoms with Crippen molar-refractivity contribution in [1.29, 1.82) is 0 Å². The Labute approximate surface area is 160 Å². The number of hydrogen-bond donors (Lipinski definition) is 1. The normalized spacial score (nSPS) is 11.3. The molecule has 1 amide bonds. The van der Waals surface area contributed by atoms with E-state index in [1.54, 1.807) is 43.5 Å². The Morgan fingerprint density at radius 3 is 2.56 bits per heavy atom. The van der Waals surface area contributed by atoms with Gasteiger partial charge < -0.3 is 5.32 Å². The molecule has 0 fully saturated rings. The van der Waals surface area contributed by atoms with Crippen molar-refractivity contribution in [2.45, 2.75) is 30.2 Å². The van der Waals surface area contributed by atoms with Gasteiger partial charge in [-0.3, -0.25) is 9.36 Å². The molecular weight excluding hydrogens is 386 g/mol. The first-order chi connectivity index (χ1) is 12.8. The fraction of sp³-hybridized carbons (Fsp3) is 0.167. The average molecular weight is 403 g/mol. The van der Waals surface area contributed by atoms with Crippen LogP contribution in [0.15, 0.2) is 61.7 Å². The maximum absolute atomic E-state index is 12.8. The number of anilines is 1. The minimum absolute atomic E-state index is 0.0261. The van der Waals surface area contributed by atoms with Gasteiger partial charge in [-0.25, -0.2) is 13.2 Å². The molecule has 0 saturated heterocycles. The molecule has 1 aromatic carbocycles. The third-order valence-electron chi connectivity index (χ3n) is 3.89. The topological polar surface area (TPSA) is 98.1 Å². The van der Waals surface area contributed by atoms with Gasteiger partial charge in [-0.05, 0) is 32.0 Å². The number of sulfone groups is 1. The number of aromatic nitrogens is 2. The summed E-state index contributed by atoms with van der Waals surface area (Å²) in [5.41, 5.74) is 0.845. The Balaban J connectivity index is 1.86. The lowest BCUT2D eigenvalue weighted by atomic mass is 10.3. The highest BCUT2D eigenvalue weighted by Crippen LogP contribution is 2.31. The molecular formula is C18H17N3O4S2. The van der Waals surface area contributed by atoms with E-state index in [4.69, 9.17) is 0 Å². The Morgan fingerprint density at radius 1 is 1.19 bits per heavy atom. The van der Waals surface area contributed by atoms with Crippen molar-refractivity contribution < 1.29 is 13.2 Å². The lowest BCUT2D eigenvalue weighted by Crippen LogP contribution is -2.31. The predicted molar refractivity (Wildman–Crippen MR) is 103 cm³/mol. The number of nitrogens with zero attached hydrogens (tertiary/aromatic N) is 2. The summed E-state index contributed by atoms with van der Waals surface area (Å²) >= 11 is 1.17. The SMILES string of the molecule is Cc1cc(C)n(CC(=O)Nc2cscc2S(=O)(=O)c2ccccc2)c(=O)n1.